The molecule has 2 rings (SSSR count). The first-order chi connectivity index (χ1) is 8.56. The highest BCUT2D eigenvalue weighted by Crippen LogP contribution is 2.27. The first-order valence-corrected chi connectivity index (χ1v) is 5.71. The molecule has 0 atom stereocenters. The summed E-state index contributed by atoms with van der Waals surface area (Å²) in [6.45, 7) is 3.86. The van der Waals surface area contributed by atoms with Crippen LogP contribution in [0.2, 0.25) is 0 Å². The van der Waals surface area contributed by atoms with Crippen LogP contribution in [0.25, 0.3) is 11.3 Å². The minimum atomic E-state index is -0.661. The molecular weight excluding hydrogens is 236 g/mol. The molecule has 0 aliphatic heterocycles. The smallest absolute Gasteiger partial charge is 0.251 e. The van der Waals surface area contributed by atoms with E-state index in [0.717, 1.165) is 0 Å². The lowest BCUT2D eigenvalue weighted by atomic mass is 10.0. The lowest BCUT2D eigenvalue weighted by Gasteiger charge is -2.15. The fourth-order valence-corrected chi connectivity index (χ4v) is 2.06. The minimum Gasteiger partial charge on any atom is -0.308 e. The number of hydrogen-bond donors (Lipinski definition) is 0. The van der Waals surface area contributed by atoms with E-state index in [1.165, 1.54) is 28.8 Å². The maximum absolute atomic E-state index is 13.8. The van der Waals surface area contributed by atoms with Gasteiger partial charge in [0.25, 0.3) is 5.56 Å². The van der Waals surface area contributed by atoms with E-state index in [2.05, 4.69) is 0 Å². The van der Waals surface area contributed by atoms with Gasteiger partial charge in [-0.2, -0.15) is 0 Å². The summed E-state index contributed by atoms with van der Waals surface area (Å²) < 4.78 is 29.0. The molecular formula is C14H13F2NO. The van der Waals surface area contributed by atoms with Crippen LogP contribution in [0.4, 0.5) is 8.78 Å². The van der Waals surface area contributed by atoms with Crippen LogP contribution < -0.4 is 5.56 Å². The van der Waals surface area contributed by atoms with E-state index < -0.39 is 11.6 Å². The Kier molecular flexibility index (Phi) is 3.28. The number of aryl methyl sites for hydroxylation is 1. The van der Waals surface area contributed by atoms with Crippen molar-refractivity contribution in [3.63, 3.8) is 0 Å². The van der Waals surface area contributed by atoms with Crippen LogP contribution in [0, 0.1) is 18.6 Å². The summed E-state index contributed by atoms with van der Waals surface area (Å²) in [5.41, 5.74) is 0.566. The fourth-order valence-electron chi connectivity index (χ4n) is 2.06. The largest absolute Gasteiger partial charge is 0.308 e. The van der Waals surface area contributed by atoms with Gasteiger partial charge >= 0.3 is 0 Å². The van der Waals surface area contributed by atoms with Gasteiger partial charge < -0.3 is 4.57 Å². The predicted octanol–water partition coefficient (Wildman–Crippen LogP) is 3.12. The third kappa shape index (κ3) is 1.94. The van der Waals surface area contributed by atoms with E-state index in [-0.39, 0.29) is 11.1 Å². The summed E-state index contributed by atoms with van der Waals surface area (Å²) in [6, 6.07) is 6.67. The van der Waals surface area contributed by atoms with Gasteiger partial charge in [-0.05, 0) is 31.5 Å². The van der Waals surface area contributed by atoms with Gasteiger partial charge in [-0.3, -0.25) is 4.79 Å². The van der Waals surface area contributed by atoms with E-state index in [4.69, 9.17) is 0 Å². The summed E-state index contributed by atoms with van der Waals surface area (Å²) in [7, 11) is 0. The molecule has 0 aliphatic carbocycles. The van der Waals surface area contributed by atoms with Gasteiger partial charge in [0, 0.05) is 12.6 Å². The highest BCUT2D eigenvalue weighted by atomic mass is 19.1. The average molecular weight is 249 g/mol. The Balaban J connectivity index is 2.87. The molecule has 1 aromatic carbocycles. The Bertz CT molecular complexity index is 626. The van der Waals surface area contributed by atoms with Crippen molar-refractivity contribution in [2.45, 2.75) is 20.4 Å². The van der Waals surface area contributed by atoms with Crippen molar-refractivity contribution in [2.75, 3.05) is 0 Å². The molecule has 1 heterocycles. The van der Waals surface area contributed by atoms with Crippen molar-refractivity contribution in [3.05, 3.63) is 57.9 Å². The standard InChI is InChI=1S/C14H13F2NO/c1-3-17-12(18)8-7-9(2)14(17)13-10(15)5-4-6-11(13)16/h4-8H,3H2,1-2H3. The molecule has 0 unspecified atom stereocenters. The summed E-state index contributed by atoms with van der Waals surface area (Å²) >= 11 is 0. The zero-order valence-electron chi connectivity index (χ0n) is 10.2. The number of hydrogen-bond acceptors (Lipinski definition) is 1. The first-order valence-electron chi connectivity index (χ1n) is 5.71. The molecule has 94 valence electrons. The molecule has 0 fully saturated rings. The second-order valence-corrected chi connectivity index (χ2v) is 4.04. The first kappa shape index (κ1) is 12.5. The molecule has 2 nitrogen and oxygen atoms in total. The molecule has 18 heavy (non-hydrogen) atoms. The molecule has 2 aromatic rings. The molecule has 1 aromatic heterocycles. The van der Waals surface area contributed by atoms with Crippen molar-refractivity contribution < 1.29 is 8.78 Å². The summed E-state index contributed by atoms with van der Waals surface area (Å²) in [5.74, 6) is -1.32. The van der Waals surface area contributed by atoms with Crippen LogP contribution in [0.1, 0.15) is 12.5 Å². The van der Waals surface area contributed by atoms with Crippen molar-refractivity contribution in [2.24, 2.45) is 0 Å². The SMILES string of the molecule is CCn1c(-c2c(F)cccc2F)c(C)ccc1=O. The van der Waals surface area contributed by atoms with E-state index in [1.54, 1.807) is 19.9 Å². The molecule has 0 saturated heterocycles. The predicted molar refractivity (Wildman–Crippen MR) is 66.5 cm³/mol. The quantitative estimate of drug-likeness (QED) is 0.801. The van der Waals surface area contributed by atoms with Crippen LogP contribution in [0.3, 0.4) is 0 Å². The Hall–Kier alpha value is -1.97. The number of aromatic nitrogens is 1. The third-order valence-corrected chi connectivity index (χ3v) is 2.90. The van der Waals surface area contributed by atoms with Crippen molar-refractivity contribution in [1.82, 2.24) is 4.57 Å². The van der Waals surface area contributed by atoms with E-state index in [9.17, 15) is 13.6 Å². The van der Waals surface area contributed by atoms with Crippen molar-refractivity contribution >= 4 is 0 Å². The Morgan fingerprint density at radius 1 is 1.11 bits per heavy atom. The molecule has 0 N–H and O–H groups in total. The Labute approximate surface area is 104 Å². The highest BCUT2D eigenvalue weighted by Gasteiger charge is 2.17. The molecule has 0 radical (unpaired) electrons. The Morgan fingerprint density at radius 2 is 1.72 bits per heavy atom. The lowest BCUT2D eigenvalue weighted by molar-refractivity contribution is 0.583. The second kappa shape index (κ2) is 4.72. The molecule has 0 amide bonds. The van der Waals surface area contributed by atoms with E-state index >= 15 is 0 Å². The maximum atomic E-state index is 13.8. The van der Waals surface area contributed by atoms with E-state index in [0.29, 0.717) is 17.8 Å². The third-order valence-electron chi connectivity index (χ3n) is 2.90. The monoisotopic (exact) mass is 249 g/mol. The summed E-state index contributed by atoms with van der Waals surface area (Å²) in [6.07, 6.45) is 0. The second-order valence-electron chi connectivity index (χ2n) is 4.04. The van der Waals surface area contributed by atoms with Gasteiger partial charge in [0.05, 0.1) is 11.3 Å². The van der Waals surface area contributed by atoms with Crippen molar-refractivity contribution in [1.29, 1.82) is 0 Å². The topological polar surface area (TPSA) is 22.0 Å². The number of pyridine rings is 1. The van der Waals surface area contributed by atoms with Crippen molar-refractivity contribution in [3.8, 4) is 11.3 Å². The average Bonchev–Trinajstić information content (AvgIpc) is 2.33. The highest BCUT2D eigenvalue weighted by molar-refractivity contribution is 5.64. The van der Waals surface area contributed by atoms with E-state index in [1.807, 2.05) is 0 Å². The van der Waals surface area contributed by atoms with Gasteiger partial charge in [-0.15, -0.1) is 0 Å². The number of halogens is 2. The van der Waals surface area contributed by atoms with Crippen LogP contribution >= 0.6 is 0 Å². The zero-order chi connectivity index (χ0) is 13.3. The van der Waals surface area contributed by atoms with Crippen LogP contribution in [-0.4, -0.2) is 4.57 Å². The molecule has 0 bridgehead atoms. The van der Waals surface area contributed by atoms with Gasteiger partial charge in [0.15, 0.2) is 0 Å². The summed E-state index contributed by atoms with van der Waals surface area (Å²) in [4.78, 5) is 11.7. The van der Waals surface area contributed by atoms with Gasteiger partial charge in [0.2, 0.25) is 0 Å². The van der Waals surface area contributed by atoms with Crippen LogP contribution in [-0.2, 0) is 6.54 Å². The number of benzene rings is 1. The normalized spacial score (nSPS) is 10.7. The number of rotatable bonds is 2. The van der Waals surface area contributed by atoms with Gasteiger partial charge in [-0.25, -0.2) is 8.78 Å². The summed E-state index contributed by atoms with van der Waals surface area (Å²) in [5, 5.41) is 0. The van der Waals surface area contributed by atoms with Gasteiger partial charge in [0.1, 0.15) is 11.6 Å². The zero-order valence-corrected chi connectivity index (χ0v) is 10.2. The molecule has 0 spiro atoms. The molecule has 0 aliphatic rings. The van der Waals surface area contributed by atoms with Crippen LogP contribution in [0.5, 0.6) is 0 Å². The molecule has 0 saturated carbocycles. The minimum absolute atomic E-state index is 0.144. The number of nitrogens with zero attached hydrogens (tertiary/aromatic N) is 1. The van der Waals surface area contributed by atoms with Gasteiger partial charge in [-0.1, -0.05) is 12.1 Å². The maximum Gasteiger partial charge on any atom is 0.251 e. The van der Waals surface area contributed by atoms with Crippen LogP contribution in [0.15, 0.2) is 35.1 Å². The fraction of sp³-hybridized carbons (Fsp3) is 0.214. The molecule has 4 heteroatoms. The Morgan fingerprint density at radius 3 is 2.28 bits per heavy atom. The lowest BCUT2D eigenvalue weighted by Crippen LogP contribution is -2.21.